The van der Waals surface area contributed by atoms with E-state index in [9.17, 15) is 0 Å². The first-order chi connectivity index (χ1) is 15.0. The number of aromatic amines is 1. The van der Waals surface area contributed by atoms with Crippen molar-refractivity contribution in [1.29, 1.82) is 0 Å². The number of para-hydroxylation sites is 1. The van der Waals surface area contributed by atoms with Gasteiger partial charge in [-0.3, -0.25) is 9.80 Å². The molecule has 8 heteroatoms. The van der Waals surface area contributed by atoms with Crippen LogP contribution in [-0.2, 0) is 22.7 Å². The molecule has 1 saturated heterocycles. The highest BCUT2D eigenvalue weighted by molar-refractivity contribution is 7.98. The normalized spacial score (nSPS) is 14.7. The zero-order valence-electron chi connectivity index (χ0n) is 17.5. The Kier molecular flexibility index (Phi) is 8.11. The smallest absolute Gasteiger partial charge is 0.414 e. The number of thioether (sulfide) groups is 1. The number of piperazine rings is 1. The van der Waals surface area contributed by atoms with Gasteiger partial charge in [0.15, 0.2) is 0 Å². The first-order valence-electron chi connectivity index (χ1n) is 10.0. The quantitative estimate of drug-likeness (QED) is 0.413. The molecular formula is C23H27N3O4S. The molecule has 0 unspecified atom stereocenters. The molecule has 7 nitrogen and oxygen atoms in total. The van der Waals surface area contributed by atoms with Crippen molar-refractivity contribution in [3.05, 3.63) is 65.9 Å². The first-order valence-corrected chi connectivity index (χ1v) is 11.3. The summed E-state index contributed by atoms with van der Waals surface area (Å²) in [5.41, 5.74) is 4.07. The van der Waals surface area contributed by atoms with Gasteiger partial charge in [-0.1, -0.05) is 30.3 Å². The Labute approximate surface area is 185 Å². The molecule has 1 aliphatic heterocycles. The summed E-state index contributed by atoms with van der Waals surface area (Å²) in [6.45, 7) is 6.68. The van der Waals surface area contributed by atoms with Crippen molar-refractivity contribution in [2.75, 3.05) is 32.4 Å². The molecule has 3 N–H and O–H groups in total. The van der Waals surface area contributed by atoms with Crippen LogP contribution in [0.1, 0.15) is 11.1 Å². The monoisotopic (exact) mass is 441 g/mol. The Morgan fingerprint density at radius 3 is 2.06 bits per heavy atom. The van der Waals surface area contributed by atoms with E-state index in [1.807, 2.05) is 0 Å². The maximum Gasteiger partial charge on any atom is 0.414 e. The lowest BCUT2D eigenvalue weighted by atomic mass is 10.1. The van der Waals surface area contributed by atoms with Gasteiger partial charge in [-0.2, -0.15) is 0 Å². The lowest BCUT2D eigenvalue weighted by molar-refractivity contribution is -0.159. The molecule has 0 amide bonds. The van der Waals surface area contributed by atoms with Crippen LogP contribution in [0.3, 0.4) is 0 Å². The lowest BCUT2D eigenvalue weighted by Crippen LogP contribution is -2.45. The minimum atomic E-state index is -1.82. The van der Waals surface area contributed by atoms with Crippen LogP contribution < -0.4 is 0 Å². The molecule has 0 atom stereocenters. The number of hydrogen-bond acceptors (Lipinski definition) is 5. The van der Waals surface area contributed by atoms with E-state index >= 15 is 0 Å². The predicted octanol–water partition coefficient (Wildman–Crippen LogP) is 3.36. The number of H-pyrrole nitrogens is 1. The Morgan fingerprint density at radius 1 is 0.903 bits per heavy atom. The van der Waals surface area contributed by atoms with Gasteiger partial charge >= 0.3 is 11.9 Å². The highest BCUT2D eigenvalue weighted by Gasteiger charge is 2.18. The second-order valence-corrected chi connectivity index (χ2v) is 8.25. The van der Waals surface area contributed by atoms with E-state index in [2.05, 4.69) is 75.8 Å². The molecule has 3 aromatic rings. The van der Waals surface area contributed by atoms with Crippen molar-refractivity contribution in [2.24, 2.45) is 0 Å². The van der Waals surface area contributed by atoms with Crippen molar-refractivity contribution in [3.8, 4) is 0 Å². The largest absolute Gasteiger partial charge is 0.473 e. The van der Waals surface area contributed by atoms with E-state index in [1.165, 1.54) is 26.9 Å². The number of carbonyl (C=O) groups is 2. The average molecular weight is 442 g/mol. The van der Waals surface area contributed by atoms with Gasteiger partial charge in [0, 0.05) is 61.3 Å². The summed E-state index contributed by atoms with van der Waals surface area (Å²) < 4.78 is 0. The van der Waals surface area contributed by atoms with Crippen LogP contribution >= 0.6 is 11.8 Å². The number of carboxylic acids is 2. The number of benzene rings is 2. The molecule has 2 heterocycles. The van der Waals surface area contributed by atoms with Gasteiger partial charge in [0.1, 0.15) is 0 Å². The summed E-state index contributed by atoms with van der Waals surface area (Å²) in [7, 11) is 0. The Balaban J connectivity index is 0.000000401. The molecule has 1 aromatic heterocycles. The van der Waals surface area contributed by atoms with Crippen molar-refractivity contribution in [2.45, 2.75) is 18.0 Å². The fraction of sp³-hybridized carbons (Fsp3) is 0.304. The lowest BCUT2D eigenvalue weighted by Gasteiger charge is -2.34. The van der Waals surface area contributed by atoms with Gasteiger partial charge in [-0.05, 0) is 35.6 Å². The van der Waals surface area contributed by atoms with Crippen LogP contribution in [0.25, 0.3) is 10.9 Å². The Hall–Kier alpha value is -2.81. The fourth-order valence-corrected chi connectivity index (χ4v) is 4.01. The summed E-state index contributed by atoms with van der Waals surface area (Å²) in [6, 6.07) is 17.6. The van der Waals surface area contributed by atoms with Crippen molar-refractivity contribution < 1.29 is 19.8 Å². The summed E-state index contributed by atoms with van der Waals surface area (Å²) in [5, 5.41) is 16.1. The van der Waals surface area contributed by atoms with Crippen molar-refractivity contribution in [1.82, 2.24) is 14.8 Å². The molecule has 1 fully saturated rings. The van der Waals surface area contributed by atoms with E-state index in [1.54, 1.807) is 11.8 Å². The molecule has 164 valence electrons. The average Bonchev–Trinajstić information content (AvgIpc) is 3.19. The van der Waals surface area contributed by atoms with Crippen LogP contribution in [0, 0.1) is 0 Å². The summed E-state index contributed by atoms with van der Waals surface area (Å²) in [4.78, 5) is 28.1. The van der Waals surface area contributed by atoms with Gasteiger partial charge < -0.3 is 15.2 Å². The minimum Gasteiger partial charge on any atom is -0.473 e. The highest BCUT2D eigenvalue weighted by atomic mass is 32.2. The number of fused-ring (bicyclic) bond motifs is 1. The number of aromatic nitrogens is 1. The van der Waals surface area contributed by atoms with Gasteiger partial charge in [0.2, 0.25) is 0 Å². The Bertz CT molecular complexity index is 999. The van der Waals surface area contributed by atoms with E-state index in [0.29, 0.717) is 0 Å². The molecule has 0 saturated carbocycles. The van der Waals surface area contributed by atoms with E-state index in [-0.39, 0.29) is 0 Å². The van der Waals surface area contributed by atoms with Crippen LogP contribution in [0.5, 0.6) is 0 Å². The maximum atomic E-state index is 9.10. The van der Waals surface area contributed by atoms with E-state index < -0.39 is 11.9 Å². The molecule has 2 aromatic carbocycles. The topological polar surface area (TPSA) is 96.9 Å². The van der Waals surface area contributed by atoms with Gasteiger partial charge in [0.05, 0.1) is 0 Å². The minimum absolute atomic E-state index is 1.04. The summed E-state index contributed by atoms with van der Waals surface area (Å²) in [6.07, 6.45) is 4.30. The zero-order valence-corrected chi connectivity index (χ0v) is 18.3. The van der Waals surface area contributed by atoms with Crippen LogP contribution in [0.4, 0.5) is 0 Å². The predicted molar refractivity (Wildman–Crippen MR) is 122 cm³/mol. The van der Waals surface area contributed by atoms with Gasteiger partial charge in [-0.25, -0.2) is 9.59 Å². The number of hydrogen-bond donors (Lipinski definition) is 3. The maximum absolute atomic E-state index is 9.10. The second-order valence-electron chi connectivity index (χ2n) is 7.37. The molecule has 4 rings (SSSR count). The van der Waals surface area contributed by atoms with Crippen LogP contribution in [0.15, 0.2) is 59.6 Å². The SMILES string of the molecule is CSc1ccc(CN2CCN(Cc3c[nH]c4ccccc34)CC2)cc1.O=C(O)C(=O)O. The van der Waals surface area contributed by atoms with E-state index in [4.69, 9.17) is 19.8 Å². The second kappa shape index (κ2) is 11.0. The molecule has 0 bridgehead atoms. The third-order valence-corrected chi connectivity index (χ3v) is 6.03. The van der Waals surface area contributed by atoms with E-state index in [0.717, 1.165) is 39.3 Å². The van der Waals surface area contributed by atoms with Crippen molar-refractivity contribution in [3.63, 3.8) is 0 Å². The summed E-state index contributed by atoms with van der Waals surface area (Å²) >= 11 is 1.80. The van der Waals surface area contributed by atoms with Gasteiger partial charge in [0.25, 0.3) is 0 Å². The van der Waals surface area contributed by atoms with Crippen molar-refractivity contribution >= 4 is 34.6 Å². The highest BCUT2D eigenvalue weighted by Crippen LogP contribution is 2.20. The zero-order chi connectivity index (χ0) is 22.2. The van der Waals surface area contributed by atoms with Crippen LogP contribution in [-0.4, -0.2) is 69.4 Å². The molecule has 31 heavy (non-hydrogen) atoms. The summed E-state index contributed by atoms with van der Waals surface area (Å²) in [5.74, 6) is -3.65. The third-order valence-electron chi connectivity index (χ3n) is 5.28. The standard InChI is InChI=1S/C21H25N3S.C2H2O4/c1-25-19-8-6-17(7-9-19)15-23-10-12-24(13-11-23)16-18-14-22-21-5-3-2-4-20(18)21;3-1(4)2(5)6/h2-9,14,22H,10-13,15-16H2,1H3;(H,3,4)(H,5,6). The fourth-order valence-electron chi connectivity index (χ4n) is 3.60. The molecule has 1 aliphatic rings. The number of nitrogens with one attached hydrogen (secondary N) is 1. The first kappa shape index (κ1) is 22.9. The van der Waals surface area contributed by atoms with Crippen LogP contribution in [0.2, 0.25) is 0 Å². The third kappa shape index (κ3) is 6.58. The number of rotatable bonds is 5. The Morgan fingerprint density at radius 2 is 1.48 bits per heavy atom. The molecule has 0 aliphatic carbocycles. The molecular weight excluding hydrogens is 414 g/mol. The number of nitrogens with zero attached hydrogens (tertiary/aromatic N) is 2. The van der Waals surface area contributed by atoms with Gasteiger partial charge in [-0.15, -0.1) is 11.8 Å². The molecule has 0 radical (unpaired) electrons. The number of aliphatic carboxylic acids is 2. The number of carboxylic acid groups (broad SMARTS) is 2. The molecule has 0 spiro atoms.